The average molecular weight is 328 g/mol. The highest BCUT2D eigenvalue weighted by Crippen LogP contribution is 2.20. The van der Waals surface area contributed by atoms with Gasteiger partial charge in [-0.25, -0.2) is 0 Å². The molecule has 0 amide bonds. The molecule has 0 atom stereocenters. The molecule has 1 N–H and O–H groups in total. The predicted octanol–water partition coefficient (Wildman–Crippen LogP) is 3.18. The van der Waals surface area contributed by atoms with Crippen molar-refractivity contribution in [2.24, 2.45) is 0 Å². The fraction of sp³-hybridized carbons (Fsp3) is 0.438. The summed E-state index contributed by atoms with van der Waals surface area (Å²) in [6, 6.07) is 10.7. The fourth-order valence-electron chi connectivity index (χ4n) is 2.83. The van der Waals surface area contributed by atoms with Gasteiger partial charge in [0, 0.05) is 30.7 Å². The molecule has 3 rings (SSSR count). The minimum absolute atomic E-state index is 0. The maximum Gasteiger partial charge on any atom is 0.0708 e. The van der Waals surface area contributed by atoms with Crippen molar-refractivity contribution in [3.63, 3.8) is 0 Å². The third-order valence-electron chi connectivity index (χ3n) is 3.76. The topological polar surface area (TPSA) is 28.2 Å². The molecule has 21 heavy (non-hydrogen) atoms. The molecule has 3 nitrogen and oxygen atoms in total. The van der Waals surface area contributed by atoms with Gasteiger partial charge in [-0.2, -0.15) is 0 Å². The quantitative estimate of drug-likeness (QED) is 0.918. The second-order valence-corrected chi connectivity index (χ2v) is 5.32. The number of rotatable bonds is 2. The summed E-state index contributed by atoms with van der Waals surface area (Å²) in [6.07, 6.45) is 1.24. The number of pyridine rings is 1. The molecule has 2 heterocycles. The Morgan fingerprint density at radius 2 is 1.95 bits per heavy atom. The Morgan fingerprint density at radius 1 is 1.14 bits per heavy atom. The van der Waals surface area contributed by atoms with Crippen molar-refractivity contribution in [3.05, 3.63) is 41.6 Å². The molecule has 0 spiro atoms. The second-order valence-electron chi connectivity index (χ2n) is 5.32. The van der Waals surface area contributed by atoms with Gasteiger partial charge in [0.15, 0.2) is 0 Å². The fourth-order valence-corrected chi connectivity index (χ4v) is 2.83. The molecule has 116 valence electrons. The summed E-state index contributed by atoms with van der Waals surface area (Å²) in [4.78, 5) is 7.16. The molecule has 0 bridgehead atoms. The Labute approximate surface area is 138 Å². The Kier molecular flexibility index (Phi) is 7.40. The Bertz CT molecular complexity index is 566. The lowest BCUT2D eigenvalue weighted by atomic mass is 10.1. The molecular weight excluding hydrogens is 305 g/mol. The Morgan fingerprint density at radius 3 is 2.81 bits per heavy atom. The van der Waals surface area contributed by atoms with Gasteiger partial charge >= 0.3 is 0 Å². The molecule has 1 aromatic carbocycles. The summed E-state index contributed by atoms with van der Waals surface area (Å²) in [5.74, 6) is 0. The SMILES string of the molecule is Cc1cc(CN2CCCNCC2)c2ccccc2n1.Cl.Cl. The molecule has 1 aliphatic rings. The normalized spacial score (nSPS) is 15.9. The van der Waals surface area contributed by atoms with Gasteiger partial charge in [0.25, 0.3) is 0 Å². The van der Waals surface area contributed by atoms with Crippen LogP contribution >= 0.6 is 24.8 Å². The van der Waals surface area contributed by atoms with Gasteiger partial charge in [-0.3, -0.25) is 9.88 Å². The van der Waals surface area contributed by atoms with Crippen molar-refractivity contribution in [1.29, 1.82) is 0 Å². The van der Waals surface area contributed by atoms with Crippen LogP contribution in [0, 0.1) is 6.92 Å². The zero-order valence-corrected chi connectivity index (χ0v) is 14.0. The number of benzene rings is 1. The summed E-state index contributed by atoms with van der Waals surface area (Å²) >= 11 is 0. The van der Waals surface area contributed by atoms with Crippen LogP contribution < -0.4 is 5.32 Å². The highest BCUT2D eigenvalue weighted by atomic mass is 35.5. The van der Waals surface area contributed by atoms with Crippen LogP contribution in [0.2, 0.25) is 0 Å². The van der Waals surface area contributed by atoms with Crippen molar-refractivity contribution >= 4 is 35.7 Å². The first-order valence-electron chi connectivity index (χ1n) is 7.11. The number of para-hydroxylation sites is 1. The van der Waals surface area contributed by atoms with E-state index in [4.69, 9.17) is 0 Å². The van der Waals surface area contributed by atoms with E-state index in [1.807, 2.05) is 0 Å². The van der Waals surface area contributed by atoms with Crippen molar-refractivity contribution < 1.29 is 0 Å². The second kappa shape index (κ2) is 8.54. The average Bonchev–Trinajstić information content (AvgIpc) is 2.67. The smallest absolute Gasteiger partial charge is 0.0708 e. The van der Waals surface area contributed by atoms with Crippen molar-refractivity contribution in [2.75, 3.05) is 26.2 Å². The highest BCUT2D eigenvalue weighted by Gasteiger charge is 2.11. The summed E-state index contributed by atoms with van der Waals surface area (Å²) < 4.78 is 0. The van der Waals surface area contributed by atoms with Gasteiger partial charge in [0.2, 0.25) is 0 Å². The Hall–Kier alpha value is -0.870. The van der Waals surface area contributed by atoms with Crippen LogP contribution in [-0.2, 0) is 6.54 Å². The van der Waals surface area contributed by atoms with Crippen LogP contribution in [0.5, 0.6) is 0 Å². The molecule has 0 unspecified atom stereocenters. The highest BCUT2D eigenvalue weighted by molar-refractivity contribution is 5.85. The van der Waals surface area contributed by atoms with E-state index >= 15 is 0 Å². The standard InChI is InChI=1S/C16H21N3.2ClH/c1-13-11-14(12-19-9-4-7-17-8-10-19)15-5-2-3-6-16(15)18-13;;/h2-3,5-6,11,17H,4,7-10,12H2,1H3;2*1H. The summed E-state index contributed by atoms with van der Waals surface area (Å²) in [5.41, 5.74) is 3.64. The zero-order chi connectivity index (χ0) is 13.1. The molecule has 0 radical (unpaired) electrons. The van der Waals surface area contributed by atoms with Gasteiger partial charge in [0.1, 0.15) is 0 Å². The van der Waals surface area contributed by atoms with Crippen LogP contribution in [0.1, 0.15) is 17.7 Å². The van der Waals surface area contributed by atoms with Crippen molar-refractivity contribution in [1.82, 2.24) is 15.2 Å². The zero-order valence-electron chi connectivity index (χ0n) is 12.3. The monoisotopic (exact) mass is 327 g/mol. The van der Waals surface area contributed by atoms with Crippen LogP contribution in [0.4, 0.5) is 0 Å². The van der Waals surface area contributed by atoms with E-state index in [2.05, 4.69) is 52.5 Å². The minimum Gasteiger partial charge on any atom is -0.315 e. The van der Waals surface area contributed by atoms with Crippen molar-refractivity contribution in [3.8, 4) is 0 Å². The van der Waals surface area contributed by atoms with Gasteiger partial charge in [-0.05, 0) is 44.1 Å². The maximum absolute atomic E-state index is 4.62. The van der Waals surface area contributed by atoms with E-state index in [9.17, 15) is 0 Å². The lowest BCUT2D eigenvalue weighted by Gasteiger charge is -2.20. The lowest BCUT2D eigenvalue weighted by molar-refractivity contribution is 0.285. The van der Waals surface area contributed by atoms with Gasteiger partial charge < -0.3 is 5.32 Å². The number of aryl methyl sites for hydroxylation is 1. The largest absolute Gasteiger partial charge is 0.315 e. The lowest BCUT2D eigenvalue weighted by Crippen LogP contribution is -2.27. The number of nitrogens with zero attached hydrogens (tertiary/aromatic N) is 2. The van der Waals surface area contributed by atoms with E-state index in [1.165, 1.54) is 23.9 Å². The molecular formula is C16H23Cl2N3. The molecule has 5 heteroatoms. The number of halogens is 2. The molecule has 0 aliphatic carbocycles. The van der Waals surface area contributed by atoms with Gasteiger partial charge in [0.05, 0.1) is 5.52 Å². The number of fused-ring (bicyclic) bond motifs is 1. The van der Waals surface area contributed by atoms with Gasteiger partial charge in [-0.1, -0.05) is 18.2 Å². The Balaban J connectivity index is 0.00000110. The maximum atomic E-state index is 4.62. The third-order valence-corrected chi connectivity index (χ3v) is 3.76. The number of hydrogen-bond acceptors (Lipinski definition) is 3. The van der Waals surface area contributed by atoms with E-state index in [0.29, 0.717) is 0 Å². The summed E-state index contributed by atoms with van der Waals surface area (Å²) in [7, 11) is 0. The van der Waals surface area contributed by atoms with Gasteiger partial charge in [-0.15, -0.1) is 24.8 Å². The first-order chi connectivity index (χ1) is 9.33. The molecule has 1 saturated heterocycles. The third kappa shape index (κ3) is 4.55. The van der Waals surface area contributed by atoms with E-state index in [-0.39, 0.29) is 24.8 Å². The van der Waals surface area contributed by atoms with Crippen LogP contribution in [-0.4, -0.2) is 36.1 Å². The summed E-state index contributed by atoms with van der Waals surface area (Å²) in [5, 5.41) is 4.75. The molecule has 1 fully saturated rings. The van der Waals surface area contributed by atoms with E-state index in [0.717, 1.165) is 37.4 Å². The van der Waals surface area contributed by atoms with Crippen LogP contribution in [0.3, 0.4) is 0 Å². The van der Waals surface area contributed by atoms with E-state index in [1.54, 1.807) is 0 Å². The molecule has 0 saturated carbocycles. The molecule has 2 aromatic rings. The van der Waals surface area contributed by atoms with Crippen LogP contribution in [0.15, 0.2) is 30.3 Å². The number of aromatic nitrogens is 1. The number of hydrogen-bond donors (Lipinski definition) is 1. The molecule has 1 aromatic heterocycles. The summed E-state index contributed by atoms with van der Waals surface area (Å²) in [6.45, 7) is 7.68. The van der Waals surface area contributed by atoms with Crippen molar-refractivity contribution in [2.45, 2.75) is 19.9 Å². The first kappa shape index (κ1) is 18.2. The van der Waals surface area contributed by atoms with Crippen LogP contribution in [0.25, 0.3) is 10.9 Å². The minimum atomic E-state index is 0. The van der Waals surface area contributed by atoms with E-state index < -0.39 is 0 Å². The first-order valence-corrected chi connectivity index (χ1v) is 7.11. The molecule has 1 aliphatic heterocycles. The predicted molar refractivity (Wildman–Crippen MR) is 93.7 cm³/mol. The number of nitrogens with one attached hydrogen (secondary N) is 1.